The van der Waals surface area contributed by atoms with Gasteiger partial charge in [0, 0.05) is 13.0 Å². The highest BCUT2D eigenvalue weighted by molar-refractivity contribution is 6.41. The van der Waals surface area contributed by atoms with Crippen LogP contribution in [-0.4, -0.2) is 104 Å². The molecule has 17 nitrogen and oxygen atoms in total. The predicted octanol–water partition coefficient (Wildman–Crippen LogP) is 1.20. The molecule has 1 aromatic heterocycles. The van der Waals surface area contributed by atoms with E-state index in [2.05, 4.69) is 36.6 Å². The number of aliphatic carboxylic acids is 1. The molecule has 0 saturated carbocycles. The summed E-state index contributed by atoms with van der Waals surface area (Å²) in [5, 5.41) is 30.4. The number of likely N-dealkylation sites (tertiary alicyclic amines) is 1. The number of esters is 1. The molecule has 1 fully saturated rings. The molecular formula is C31H41ClN8O9. The van der Waals surface area contributed by atoms with Crippen molar-refractivity contribution in [1.29, 1.82) is 0 Å². The van der Waals surface area contributed by atoms with Crippen molar-refractivity contribution in [3.63, 3.8) is 0 Å². The van der Waals surface area contributed by atoms with Crippen molar-refractivity contribution in [2.75, 3.05) is 13.2 Å². The smallest absolute Gasteiger partial charge is 0.408 e. The second kappa shape index (κ2) is 17.9. The van der Waals surface area contributed by atoms with Crippen molar-refractivity contribution in [3.8, 4) is 0 Å². The van der Waals surface area contributed by atoms with E-state index < -0.39 is 71.8 Å². The number of ether oxygens (including phenoxy) is 2. The van der Waals surface area contributed by atoms with E-state index in [1.165, 1.54) is 11.0 Å². The Hall–Kier alpha value is -5.06. The monoisotopic (exact) mass is 704 g/mol. The van der Waals surface area contributed by atoms with E-state index in [-0.39, 0.29) is 37.0 Å². The lowest BCUT2D eigenvalue weighted by Crippen LogP contribution is -2.60. The van der Waals surface area contributed by atoms with Gasteiger partial charge >= 0.3 is 18.0 Å². The van der Waals surface area contributed by atoms with Crippen molar-refractivity contribution in [2.45, 2.75) is 84.2 Å². The number of nitrogens with one attached hydrogen (secondary N) is 4. The molecule has 266 valence electrons. The van der Waals surface area contributed by atoms with Crippen LogP contribution in [0.2, 0.25) is 0 Å². The number of carbonyl (C=O) groups excluding carboxylic acids is 5. The van der Waals surface area contributed by atoms with Crippen molar-refractivity contribution in [2.24, 2.45) is 5.41 Å². The summed E-state index contributed by atoms with van der Waals surface area (Å²) < 4.78 is 10.1. The number of H-pyrrole nitrogens is 1. The first-order chi connectivity index (χ1) is 23.2. The van der Waals surface area contributed by atoms with Crippen LogP contribution in [0.5, 0.6) is 0 Å². The number of carboxylic acids is 1. The number of aromatic nitrogens is 4. The highest BCUT2D eigenvalue weighted by atomic mass is 35.5. The van der Waals surface area contributed by atoms with Crippen LogP contribution in [0.3, 0.4) is 0 Å². The first kappa shape index (κ1) is 38.4. The molecule has 1 aliphatic rings. The Bertz CT molecular complexity index is 1500. The zero-order chi connectivity index (χ0) is 36.1. The van der Waals surface area contributed by atoms with Gasteiger partial charge in [0.05, 0.1) is 19.1 Å². The fraction of sp³-hybridized carbons (Fsp3) is 0.516. The summed E-state index contributed by atoms with van der Waals surface area (Å²) >= 11 is 6.14. The van der Waals surface area contributed by atoms with Crippen molar-refractivity contribution in [3.05, 3.63) is 52.8 Å². The van der Waals surface area contributed by atoms with Crippen LogP contribution >= 0.6 is 11.6 Å². The van der Waals surface area contributed by atoms with Gasteiger partial charge in [0.25, 0.3) is 0 Å². The third-order valence-electron chi connectivity index (χ3n) is 7.38. The largest absolute Gasteiger partial charge is 0.481 e. The Morgan fingerprint density at radius 1 is 1.10 bits per heavy atom. The lowest BCUT2D eigenvalue weighted by Gasteiger charge is -2.36. The Balaban J connectivity index is 1.75. The van der Waals surface area contributed by atoms with Gasteiger partial charge < -0.3 is 35.4 Å². The van der Waals surface area contributed by atoms with E-state index >= 15 is 0 Å². The highest BCUT2D eigenvalue weighted by Gasteiger charge is 2.43. The Morgan fingerprint density at radius 3 is 2.43 bits per heavy atom. The molecule has 4 atom stereocenters. The van der Waals surface area contributed by atoms with E-state index in [1.807, 2.05) is 0 Å². The predicted molar refractivity (Wildman–Crippen MR) is 172 cm³/mol. The third kappa shape index (κ3) is 11.8. The van der Waals surface area contributed by atoms with Gasteiger partial charge in [-0.25, -0.2) is 9.59 Å². The molecular weight excluding hydrogens is 664 g/mol. The van der Waals surface area contributed by atoms with Crippen molar-refractivity contribution >= 4 is 47.4 Å². The SMILES string of the molecule is CCOC(=O)C(Cl)=C[C@H](Cc1nn[nH]n1)NC(=O)[C@H]1CCCN1C(=O)[C@H](NC(=O)[C@H](CC(=O)O)NC(=O)OCc1ccccc1)C(C)(C)C. The van der Waals surface area contributed by atoms with E-state index in [0.29, 0.717) is 18.4 Å². The van der Waals surface area contributed by atoms with Crippen LogP contribution in [0, 0.1) is 5.41 Å². The topological polar surface area (TPSA) is 235 Å². The molecule has 1 aliphatic heterocycles. The van der Waals surface area contributed by atoms with Gasteiger partial charge in [-0.05, 0) is 36.8 Å². The minimum atomic E-state index is -1.57. The number of nitrogens with zero attached hydrogens (tertiary/aromatic N) is 4. The van der Waals surface area contributed by atoms with Crippen LogP contribution in [-0.2, 0) is 46.5 Å². The number of carbonyl (C=O) groups is 6. The summed E-state index contributed by atoms with van der Waals surface area (Å²) in [6, 6.07) is 4.11. The molecule has 18 heteroatoms. The lowest BCUT2D eigenvalue weighted by atomic mass is 9.85. The minimum Gasteiger partial charge on any atom is -0.481 e. The summed E-state index contributed by atoms with van der Waals surface area (Å²) in [5.41, 5.74) is -0.228. The van der Waals surface area contributed by atoms with E-state index in [9.17, 15) is 33.9 Å². The molecule has 49 heavy (non-hydrogen) atoms. The molecule has 0 radical (unpaired) electrons. The van der Waals surface area contributed by atoms with Gasteiger partial charge in [0.15, 0.2) is 5.82 Å². The van der Waals surface area contributed by atoms with Crippen molar-refractivity contribution < 1.29 is 43.3 Å². The van der Waals surface area contributed by atoms with Crippen LogP contribution in [0.1, 0.15) is 58.3 Å². The van der Waals surface area contributed by atoms with Gasteiger partial charge in [0.1, 0.15) is 29.8 Å². The normalized spacial score (nSPS) is 16.6. The molecule has 1 aromatic carbocycles. The summed E-state index contributed by atoms with van der Waals surface area (Å²) in [7, 11) is 0. The van der Waals surface area contributed by atoms with Crippen LogP contribution < -0.4 is 16.0 Å². The number of rotatable bonds is 15. The maximum absolute atomic E-state index is 14.0. The maximum Gasteiger partial charge on any atom is 0.408 e. The van der Waals surface area contributed by atoms with Gasteiger partial charge in [-0.15, -0.1) is 10.2 Å². The Morgan fingerprint density at radius 2 is 1.82 bits per heavy atom. The van der Waals surface area contributed by atoms with Crippen molar-refractivity contribution in [1.82, 2.24) is 41.5 Å². The molecule has 0 spiro atoms. The number of carboxylic acid groups (broad SMARTS) is 1. The summed E-state index contributed by atoms with van der Waals surface area (Å²) in [4.78, 5) is 78.6. The molecule has 4 amide bonds. The molecule has 1 saturated heterocycles. The molecule has 5 N–H and O–H groups in total. The minimum absolute atomic E-state index is 0.00491. The quantitative estimate of drug-likeness (QED) is 0.130. The number of benzene rings is 1. The number of hydrogen-bond acceptors (Lipinski definition) is 11. The first-order valence-electron chi connectivity index (χ1n) is 15.6. The fourth-order valence-corrected chi connectivity index (χ4v) is 5.20. The molecule has 0 unspecified atom stereocenters. The number of alkyl carbamates (subject to hydrolysis) is 1. The Labute approximate surface area is 287 Å². The van der Waals surface area contributed by atoms with Gasteiger partial charge in [-0.1, -0.05) is 67.9 Å². The Kier molecular flexibility index (Phi) is 14.0. The number of tetrazole rings is 1. The van der Waals surface area contributed by atoms with E-state index in [1.54, 1.807) is 58.0 Å². The number of amides is 4. The second-order valence-electron chi connectivity index (χ2n) is 12.2. The number of aromatic amines is 1. The fourth-order valence-electron chi connectivity index (χ4n) is 4.99. The standard InChI is InChI=1S/C31H41ClN8O9/c1-5-48-29(46)20(32)14-19(15-23-36-38-39-37-23)33-27(44)22-12-9-13-40(22)28(45)25(31(2,3)4)35-26(43)21(16-24(41)42)34-30(47)49-17-18-10-7-6-8-11-18/h6-8,10-11,14,19,21-22,25H,5,9,12-13,15-17H2,1-4H3,(H,33,44)(H,34,47)(H,35,43)(H,41,42)(H,36,37,38,39)/t19-,21+,22-,25+/m1/s1. The maximum atomic E-state index is 14.0. The molecule has 3 rings (SSSR count). The van der Waals surface area contributed by atoms with Crippen LogP contribution in [0.4, 0.5) is 4.79 Å². The second-order valence-corrected chi connectivity index (χ2v) is 12.6. The van der Waals surface area contributed by atoms with E-state index in [4.69, 9.17) is 21.1 Å². The molecule has 0 bridgehead atoms. The zero-order valence-electron chi connectivity index (χ0n) is 27.6. The number of hydrogen-bond donors (Lipinski definition) is 5. The van der Waals surface area contributed by atoms with Gasteiger partial charge in [-0.2, -0.15) is 5.21 Å². The average molecular weight is 705 g/mol. The van der Waals surface area contributed by atoms with Crippen LogP contribution in [0.15, 0.2) is 41.4 Å². The molecule has 2 heterocycles. The zero-order valence-corrected chi connectivity index (χ0v) is 28.4. The first-order valence-corrected chi connectivity index (χ1v) is 15.9. The highest BCUT2D eigenvalue weighted by Crippen LogP contribution is 2.26. The number of halogens is 1. The van der Waals surface area contributed by atoms with Gasteiger partial charge in [-0.3, -0.25) is 19.2 Å². The molecule has 2 aromatic rings. The van der Waals surface area contributed by atoms with Crippen LogP contribution in [0.25, 0.3) is 0 Å². The summed E-state index contributed by atoms with van der Waals surface area (Å²) in [6.07, 6.45) is 0.254. The molecule has 0 aliphatic carbocycles. The summed E-state index contributed by atoms with van der Waals surface area (Å²) in [6.45, 7) is 6.85. The van der Waals surface area contributed by atoms with E-state index in [0.717, 1.165) is 0 Å². The lowest BCUT2D eigenvalue weighted by molar-refractivity contribution is -0.145. The third-order valence-corrected chi connectivity index (χ3v) is 7.66. The van der Waals surface area contributed by atoms with Gasteiger partial charge in [0.2, 0.25) is 17.7 Å². The summed E-state index contributed by atoms with van der Waals surface area (Å²) in [5.74, 6) is -4.02. The average Bonchev–Trinajstić information content (AvgIpc) is 3.74.